The van der Waals surface area contributed by atoms with Crippen LogP contribution in [0.15, 0.2) is 12.2 Å². The van der Waals surface area contributed by atoms with Crippen LogP contribution in [0.3, 0.4) is 0 Å². The second kappa shape index (κ2) is 8.72. The maximum Gasteiger partial charge on any atom is 0.331 e. The van der Waals surface area contributed by atoms with Gasteiger partial charge in [0.15, 0.2) is 0 Å². The van der Waals surface area contributed by atoms with Crippen LogP contribution >= 0.6 is 0 Å². The third-order valence-corrected chi connectivity index (χ3v) is 2.80. The number of carboxylic acids is 1. The summed E-state index contributed by atoms with van der Waals surface area (Å²) in [5.74, 6) is -1.70. The number of esters is 1. The number of ether oxygens (including phenoxy) is 1. The minimum Gasteiger partial charge on any atom is -0.478 e. The Morgan fingerprint density at radius 1 is 1.00 bits per heavy atom. The van der Waals surface area contributed by atoms with Gasteiger partial charge in [-0.2, -0.15) is 0 Å². The molecule has 0 spiro atoms. The first-order valence-electron chi connectivity index (χ1n) is 6.63. The number of carbonyl (C=O) groups excluding carboxylic acids is 1. The lowest BCUT2D eigenvalue weighted by Crippen LogP contribution is -2.34. The molecular weight excluding hydrogens is 232 g/mol. The highest BCUT2D eigenvalue weighted by molar-refractivity contribution is 5.90. The number of hydrogen-bond acceptors (Lipinski definition) is 3. The molecule has 0 aromatic carbocycles. The highest BCUT2D eigenvalue weighted by Crippen LogP contribution is 2.30. The zero-order valence-electron chi connectivity index (χ0n) is 11.6. The number of aliphatic carboxylic acids is 1. The normalized spacial score (nSPS) is 11.7. The molecule has 0 atom stereocenters. The van der Waals surface area contributed by atoms with E-state index in [1.807, 2.05) is 0 Å². The average molecular weight is 256 g/mol. The first kappa shape index (κ1) is 16.7. The zero-order valence-corrected chi connectivity index (χ0v) is 11.6. The van der Waals surface area contributed by atoms with Gasteiger partial charge in [-0.3, -0.25) is 0 Å². The smallest absolute Gasteiger partial charge is 0.331 e. The van der Waals surface area contributed by atoms with Crippen molar-refractivity contribution in [2.45, 2.75) is 64.9 Å². The monoisotopic (exact) mass is 256 g/mol. The second-order valence-electron chi connectivity index (χ2n) is 4.53. The number of carboxylic acid groups (broad SMARTS) is 1. The van der Waals surface area contributed by atoms with Crippen LogP contribution in [0.1, 0.15) is 59.3 Å². The molecule has 4 heteroatoms. The molecule has 0 amide bonds. The Balaban J connectivity index is 4.73. The zero-order chi connectivity index (χ0) is 14.0. The summed E-state index contributed by atoms with van der Waals surface area (Å²) in [4.78, 5) is 22.0. The van der Waals surface area contributed by atoms with Gasteiger partial charge in [0.05, 0.1) is 0 Å². The van der Waals surface area contributed by atoms with Gasteiger partial charge in [-0.15, -0.1) is 0 Å². The molecule has 0 aliphatic carbocycles. The van der Waals surface area contributed by atoms with E-state index >= 15 is 0 Å². The van der Waals surface area contributed by atoms with E-state index in [0.717, 1.165) is 50.7 Å². The molecule has 0 aliphatic rings. The summed E-state index contributed by atoms with van der Waals surface area (Å²) in [7, 11) is 0. The van der Waals surface area contributed by atoms with Gasteiger partial charge in [0.2, 0.25) is 0 Å². The van der Waals surface area contributed by atoms with E-state index in [0.29, 0.717) is 0 Å². The van der Waals surface area contributed by atoms with Crippen molar-refractivity contribution < 1.29 is 19.4 Å². The van der Waals surface area contributed by atoms with Crippen LogP contribution in [0.2, 0.25) is 0 Å². The van der Waals surface area contributed by atoms with E-state index in [1.165, 1.54) is 0 Å². The molecule has 4 nitrogen and oxygen atoms in total. The molecule has 104 valence electrons. The van der Waals surface area contributed by atoms with Gasteiger partial charge in [-0.1, -0.05) is 40.0 Å². The van der Waals surface area contributed by atoms with Crippen LogP contribution in [-0.4, -0.2) is 22.6 Å². The van der Waals surface area contributed by atoms with Crippen molar-refractivity contribution in [1.82, 2.24) is 0 Å². The Bertz CT molecular complexity index is 277. The third kappa shape index (κ3) is 6.42. The van der Waals surface area contributed by atoms with Crippen molar-refractivity contribution >= 4 is 11.9 Å². The van der Waals surface area contributed by atoms with Crippen molar-refractivity contribution in [2.24, 2.45) is 0 Å². The maximum atomic E-state index is 11.6. The fourth-order valence-corrected chi connectivity index (χ4v) is 2.28. The third-order valence-electron chi connectivity index (χ3n) is 2.80. The molecule has 18 heavy (non-hydrogen) atoms. The van der Waals surface area contributed by atoms with Crippen LogP contribution < -0.4 is 0 Å². The number of carbonyl (C=O) groups is 2. The van der Waals surface area contributed by atoms with Gasteiger partial charge in [0.1, 0.15) is 5.60 Å². The predicted molar refractivity (Wildman–Crippen MR) is 70.3 cm³/mol. The fourth-order valence-electron chi connectivity index (χ4n) is 2.28. The Labute approximate surface area is 109 Å². The molecule has 0 unspecified atom stereocenters. The van der Waals surface area contributed by atoms with Crippen molar-refractivity contribution in [3.63, 3.8) is 0 Å². The van der Waals surface area contributed by atoms with Gasteiger partial charge < -0.3 is 9.84 Å². The molecule has 0 saturated carbocycles. The number of hydrogen-bond donors (Lipinski definition) is 1. The largest absolute Gasteiger partial charge is 0.478 e. The number of rotatable bonds is 9. The van der Waals surface area contributed by atoms with Crippen molar-refractivity contribution in [2.75, 3.05) is 0 Å². The predicted octanol–water partition coefficient (Wildman–Crippen LogP) is 3.31. The van der Waals surface area contributed by atoms with E-state index in [4.69, 9.17) is 9.84 Å². The Morgan fingerprint density at radius 3 is 1.78 bits per heavy atom. The summed E-state index contributed by atoms with van der Waals surface area (Å²) in [6.07, 6.45) is 7.08. The van der Waals surface area contributed by atoms with E-state index in [-0.39, 0.29) is 0 Å². The Morgan fingerprint density at radius 2 is 1.44 bits per heavy atom. The Kier molecular flexibility index (Phi) is 8.08. The second-order valence-corrected chi connectivity index (χ2v) is 4.53. The van der Waals surface area contributed by atoms with Crippen molar-refractivity contribution in [3.8, 4) is 0 Å². The quantitative estimate of drug-likeness (QED) is 0.508. The van der Waals surface area contributed by atoms with E-state index in [9.17, 15) is 9.59 Å². The molecule has 0 radical (unpaired) electrons. The van der Waals surface area contributed by atoms with E-state index in [1.54, 1.807) is 0 Å². The van der Waals surface area contributed by atoms with Crippen molar-refractivity contribution in [3.05, 3.63) is 12.2 Å². The lowest BCUT2D eigenvalue weighted by molar-refractivity contribution is -0.156. The average Bonchev–Trinajstić information content (AvgIpc) is 2.27. The van der Waals surface area contributed by atoms with E-state index in [2.05, 4.69) is 20.8 Å². The van der Waals surface area contributed by atoms with Gasteiger partial charge in [0.25, 0.3) is 0 Å². The molecule has 0 aromatic rings. The van der Waals surface area contributed by atoms with Crippen LogP contribution in [0.25, 0.3) is 0 Å². The van der Waals surface area contributed by atoms with Crippen LogP contribution in [-0.2, 0) is 14.3 Å². The molecule has 1 N–H and O–H groups in total. The summed E-state index contributed by atoms with van der Waals surface area (Å²) >= 11 is 0. The van der Waals surface area contributed by atoms with Gasteiger partial charge >= 0.3 is 11.9 Å². The minimum atomic E-state index is -1.14. The lowest BCUT2D eigenvalue weighted by Gasteiger charge is -2.32. The minimum absolute atomic E-state index is 0.432. The molecule has 0 bridgehead atoms. The highest BCUT2D eigenvalue weighted by atomic mass is 16.6. The fraction of sp³-hybridized carbons (Fsp3) is 0.714. The Hall–Kier alpha value is -1.32. The van der Waals surface area contributed by atoms with Gasteiger partial charge in [0, 0.05) is 12.2 Å². The highest BCUT2D eigenvalue weighted by Gasteiger charge is 2.30. The first-order valence-corrected chi connectivity index (χ1v) is 6.63. The van der Waals surface area contributed by atoms with E-state index < -0.39 is 17.5 Å². The van der Waals surface area contributed by atoms with Crippen LogP contribution in [0, 0.1) is 0 Å². The summed E-state index contributed by atoms with van der Waals surface area (Å²) in [5, 5.41) is 8.48. The molecule has 0 aliphatic heterocycles. The summed E-state index contributed by atoms with van der Waals surface area (Å²) < 4.78 is 5.52. The molecule has 0 heterocycles. The maximum absolute atomic E-state index is 11.6. The van der Waals surface area contributed by atoms with Crippen LogP contribution in [0.5, 0.6) is 0 Å². The summed E-state index contributed by atoms with van der Waals surface area (Å²) in [6, 6.07) is 0. The SMILES string of the molecule is CCCC(CCC)(CCC)OC(=O)/C=C/C(=O)O. The molecule has 0 aromatic heterocycles. The summed E-state index contributed by atoms with van der Waals surface area (Å²) in [5.41, 5.74) is -0.432. The topological polar surface area (TPSA) is 63.6 Å². The molecule has 0 saturated heterocycles. The molecular formula is C14H24O4. The summed E-state index contributed by atoms with van der Waals surface area (Å²) in [6.45, 7) is 6.17. The lowest BCUT2D eigenvalue weighted by atomic mass is 9.88. The molecule has 0 fully saturated rings. The first-order chi connectivity index (χ1) is 8.49. The van der Waals surface area contributed by atoms with Crippen molar-refractivity contribution in [1.29, 1.82) is 0 Å². The van der Waals surface area contributed by atoms with Crippen LogP contribution in [0.4, 0.5) is 0 Å². The standard InChI is InChI=1S/C14H24O4/c1-4-9-14(10-5-2,11-6-3)18-13(17)8-7-12(15)16/h7-8H,4-6,9-11H2,1-3H3,(H,15,16)/b8-7+. The van der Waals surface area contributed by atoms with Gasteiger partial charge in [-0.05, 0) is 19.3 Å². The molecule has 0 rings (SSSR count). The van der Waals surface area contributed by atoms with Gasteiger partial charge in [-0.25, -0.2) is 9.59 Å².